The third-order valence-electron chi connectivity index (χ3n) is 4.05. The fraction of sp³-hybridized carbons (Fsp3) is 0.429. The van der Waals surface area contributed by atoms with Crippen LogP contribution in [0.5, 0.6) is 0 Å². The molecule has 0 aliphatic carbocycles. The second-order valence-corrected chi connectivity index (χ2v) is 5.53. The number of carbonyl (C=O) groups is 1. The molecular formula is C14H15ClF4N4O. The van der Waals surface area contributed by atoms with Gasteiger partial charge in [-0.1, -0.05) is 0 Å². The molecule has 2 atom stereocenters. The lowest BCUT2D eigenvalue weighted by molar-refractivity contribution is -0.181. The number of alkyl halides is 3. The van der Waals surface area contributed by atoms with Crippen LogP contribution in [0.4, 0.5) is 23.5 Å². The number of rotatable bonds is 2. The lowest BCUT2D eigenvalue weighted by Crippen LogP contribution is -2.37. The average molecular weight is 367 g/mol. The first-order valence-electron chi connectivity index (χ1n) is 6.97. The molecule has 0 radical (unpaired) electrons. The van der Waals surface area contributed by atoms with E-state index in [4.69, 9.17) is 0 Å². The molecule has 24 heavy (non-hydrogen) atoms. The zero-order chi connectivity index (χ0) is 16.8. The first-order chi connectivity index (χ1) is 10.8. The molecule has 1 saturated heterocycles. The molecular weight excluding hydrogens is 352 g/mol. The number of carbonyl (C=O) groups excluding carboxylic acids is 1. The molecule has 1 fully saturated rings. The Hall–Kier alpha value is -1.87. The van der Waals surface area contributed by atoms with Gasteiger partial charge in [-0.15, -0.1) is 12.4 Å². The number of anilines is 1. The number of halogens is 5. The van der Waals surface area contributed by atoms with Gasteiger partial charge in [0.2, 0.25) is 11.9 Å². The fourth-order valence-electron chi connectivity index (χ4n) is 2.79. The van der Waals surface area contributed by atoms with E-state index in [1.807, 2.05) is 0 Å². The molecule has 2 N–H and O–H groups in total. The van der Waals surface area contributed by atoms with E-state index >= 15 is 0 Å². The number of nitrogens with zero attached hydrogens (tertiary/aromatic N) is 2. The highest BCUT2D eigenvalue weighted by Gasteiger charge is 2.49. The van der Waals surface area contributed by atoms with E-state index in [0.29, 0.717) is 11.0 Å². The second kappa shape index (κ2) is 6.56. The Morgan fingerprint density at radius 3 is 2.75 bits per heavy atom. The summed E-state index contributed by atoms with van der Waals surface area (Å²) in [5.41, 5.74) is 0.887. The first-order valence-corrected chi connectivity index (χ1v) is 6.97. The van der Waals surface area contributed by atoms with E-state index in [9.17, 15) is 22.4 Å². The van der Waals surface area contributed by atoms with Crippen LogP contribution in [-0.4, -0.2) is 34.7 Å². The Morgan fingerprint density at radius 2 is 2.08 bits per heavy atom. The van der Waals surface area contributed by atoms with Crippen molar-refractivity contribution in [2.75, 3.05) is 18.4 Å². The summed E-state index contributed by atoms with van der Waals surface area (Å²) in [6.45, 7) is -0.329. The molecule has 2 aromatic rings. The van der Waals surface area contributed by atoms with E-state index in [0.717, 1.165) is 0 Å². The van der Waals surface area contributed by atoms with Crippen LogP contribution in [0.3, 0.4) is 0 Å². The van der Waals surface area contributed by atoms with Crippen molar-refractivity contribution in [2.45, 2.75) is 6.18 Å². The zero-order valence-electron chi connectivity index (χ0n) is 12.5. The van der Waals surface area contributed by atoms with Gasteiger partial charge in [-0.05, 0) is 12.1 Å². The van der Waals surface area contributed by atoms with Crippen molar-refractivity contribution in [3.8, 4) is 0 Å². The van der Waals surface area contributed by atoms with Gasteiger partial charge in [0.05, 0.1) is 22.9 Å². The standard InChI is InChI=1S/C14H14F4N4O.ClH/c1-22-11-3-2-7(15)4-10(11)20-13(22)21-12(23)8-5-19-6-9(8)14(16,17)18;/h2-4,8-9,19H,5-6H2,1H3,(H,20,21,23);1H/t8-,9-;/m1./s1. The highest BCUT2D eigenvalue weighted by Crippen LogP contribution is 2.35. The summed E-state index contributed by atoms with van der Waals surface area (Å²) in [5.74, 6) is -4.09. The normalized spacial score (nSPS) is 20.9. The molecule has 3 rings (SSSR count). The molecule has 0 bridgehead atoms. The van der Waals surface area contributed by atoms with Crippen LogP contribution in [0.1, 0.15) is 0 Å². The first kappa shape index (κ1) is 18.5. The van der Waals surface area contributed by atoms with Crippen LogP contribution in [0.2, 0.25) is 0 Å². The summed E-state index contributed by atoms with van der Waals surface area (Å²) < 4.78 is 53.5. The van der Waals surface area contributed by atoms with Crippen molar-refractivity contribution < 1.29 is 22.4 Å². The summed E-state index contributed by atoms with van der Waals surface area (Å²) in [5, 5.41) is 5.00. The monoisotopic (exact) mass is 366 g/mol. The number of aromatic nitrogens is 2. The summed E-state index contributed by atoms with van der Waals surface area (Å²) in [6, 6.07) is 3.93. The van der Waals surface area contributed by atoms with Crippen molar-refractivity contribution in [3.63, 3.8) is 0 Å². The Bertz CT molecular complexity index is 761. The van der Waals surface area contributed by atoms with Gasteiger partial charge in [0.1, 0.15) is 5.82 Å². The molecule has 1 aliphatic heterocycles. The molecule has 132 valence electrons. The fourth-order valence-corrected chi connectivity index (χ4v) is 2.79. The van der Waals surface area contributed by atoms with E-state index in [1.165, 1.54) is 22.8 Å². The zero-order valence-corrected chi connectivity index (χ0v) is 13.3. The van der Waals surface area contributed by atoms with Crippen molar-refractivity contribution in [1.82, 2.24) is 14.9 Å². The predicted molar refractivity (Wildman–Crippen MR) is 82.5 cm³/mol. The molecule has 1 aromatic heterocycles. The Balaban J connectivity index is 0.00000208. The van der Waals surface area contributed by atoms with E-state index in [1.54, 1.807) is 7.05 Å². The third-order valence-corrected chi connectivity index (χ3v) is 4.05. The maximum absolute atomic E-state index is 13.2. The maximum Gasteiger partial charge on any atom is 0.393 e. The SMILES string of the molecule is Cl.Cn1c(NC(=O)[C@@H]2CNC[C@H]2C(F)(F)F)nc2cc(F)ccc21. The number of benzene rings is 1. The Labute approximate surface area is 140 Å². The van der Waals surface area contributed by atoms with Crippen LogP contribution in [-0.2, 0) is 11.8 Å². The number of nitrogens with one attached hydrogen (secondary N) is 2. The third kappa shape index (κ3) is 3.32. The van der Waals surface area contributed by atoms with Crippen LogP contribution >= 0.6 is 12.4 Å². The average Bonchev–Trinajstić information content (AvgIpc) is 3.04. The highest BCUT2D eigenvalue weighted by atomic mass is 35.5. The molecule has 0 spiro atoms. The van der Waals surface area contributed by atoms with Crippen LogP contribution in [0.15, 0.2) is 18.2 Å². The predicted octanol–water partition coefficient (Wildman–Crippen LogP) is 2.47. The molecule has 0 unspecified atom stereocenters. The van der Waals surface area contributed by atoms with Crippen molar-refractivity contribution >= 4 is 35.3 Å². The van der Waals surface area contributed by atoms with Gasteiger partial charge < -0.3 is 9.88 Å². The summed E-state index contributed by atoms with van der Waals surface area (Å²) >= 11 is 0. The highest BCUT2D eigenvalue weighted by molar-refractivity contribution is 5.93. The minimum atomic E-state index is -4.44. The lowest BCUT2D eigenvalue weighted by atomic mass is 9.95. The molecule has 1 aliphatic rings. The van der Waals surface area contributed by atoms with E-state index in [2.05, 4.69) is 15.6 Å². The minimum Gasteiger partial charge on any atom is -0.315 e. The number of amides is 1. The largest absolute Gasteiger partial charge is 0.393 e. The van der Waals surface area contributed by atoms with Gasteiger partial charge >= 0.3 is 6.18 Å². The van der Waals surface area contributed by atoms with Gasteiger partial charge in [0.15, 0.2) is 0 Å². The molecule has 5 nitrogen and oxygen atoms in total. The summed E-state index contributed by atoms with van der Waals surface area (Å²) in [6.07, 6.45) is -4.44. The molecule has 1 amide bonds. The Morgan fingerprint density at radius 1 is 1.38 bits per heavy atom. The topological polar surface area (TPSA) is 59.0 Å². The van der Waals surface area contributed by atoms with Crippen LogP contribution in [0.25, 0.3) is 11.0 Å². The van der Waals surface area contributed by atoms with Crippen molar-refractivity contribution in [2.24, 2.45) is 18.9 Å². The van der Waals surface area contributed by atoms with Crippen LogP contribution < -0.4 is 10.6 Å². The van der Waals surface area contributed by atoms with Crippen molar-refractivity contribution in [1.29, 1.82) is 0 Å². The molecule has 1 aromatic carbocycles. The second-order valence-electron chi connectivity index (χ2n) is 5.53. The summed E-state index contributed by atoms with van der Waals surface area (Å²) in [4.78, 5) is 16.3. The number of aryl methyl sites for hydroxylation is 1. The lowest BCUT2D eigenvalue weighted by Gasteiger charge is -2.20. The van der Waals surface area contributed by atoms with Gasteiger partial charge in [0.25, 0.3) is 0 Å². The minimum absolute atomic E-state index is 0. The number of hydrogen-bond acceptors (Lipinski definition) is 3. The molecule has 0 saturated carbocycles. The number of imidazole rings is 1. The Kier molecular flexibility index (Phi) is 5.05. The van der Waals surface area contributed by atoms with E-state index in [-0.39, 0.29) is 31.4 Å². The van der Waals surface area contributed by atoms with Gasteiger partial charge in [0, 0.05) is 26.2 Å². The van der Waals surface area contributed by atoms with Gasteiger partial charge in [-0.25, -0.2) is 9.37 Å². The number of hydrogen-bond donors (Lipinski definition) is 2. The maximum atomic E-state index is 13.2. The van der Waals surface area contributed by atoms with Crippen LogP contribution in [0, 0.1) is 17.7 Å². The van der Waals surface area contributed by atoms with E-state index < -0.39 is 29.7 Å². The van der Waals surface area contributed by atoms with Gasteiger partial charge in [-0.3, -0.25) is 10.1 Å². The molecule has 10 heteroatoms. The van der Waals surface area contributed by atoms with Crippen molar-refractivity contribution in [3.05, 3.63) is 24.0 Å². The summed E-state index contributed by atoms with van der Waals surface area (Å²) in [7, 11) is 1.59. The quantitative estimate of drug-likeness (QED) is 0.803. The number of fused-ring (bicyclic) bond motifs is 1. The van der Waals surface area contributed by atoms with Gasteiger partial charge in [-0.2, -0.15) is 13.2 Å². The molecule has 2 heterocycles. The smallest absolute Gasteiger partial charge is 0.315 e.